The smallest absolute Gasteiger partial charge is 0.388 e. The second-order valence-electron chi connectivity index (χ2n) is 7.38. The normalized spacial score (nSPS) is 21.2. The molecule has 3 heterocycles. The average Bonchev–Trinajstić information content (AvgIpc) is 3.27. The molecule has 10 nitrogen and oxygen atoms in total. The van der Waals surface area contributed by atoms with Crippen molar-refractivity contribution in [2.24, 2.45) is 0 Å². The van der Waals surface area contributed by atoms with E-state index < -0.39 is 6.61 Å². The van der Waals surface area contributed by atoms with Gasteiger partial charge in [-0.2, -0.15) is 8.78 Å². The number of aromatic nitrogens is 3. The summed E-state index contributed by atoms with van der Waals surface area (Å²) < 4.78 is 28.5. The molecule has 1 saturated heterocycles. The molecule has 2 aliphatic rings. The van der Waals surface area contributed by atoms with Crippen molar-refractivity contribution in [2.75, 3.05) is 29.1 Å². The van der Waals surface area contributed by atoms with Crippen molar-refractivity contribution in [2.45, 2.75) is 38.0 Å². The predicted octanol–water partition coefficient (Wildman–Crippen LogP) is 2.32. The van der Waals surface area contributed by atoms with Gasteiger partial charge in [0.1, 0.15) is 18.2 Å². The van der Waals surface area contributed by atoms with Gasteiger partial charge in [0.15, 0.2) is 0 Å². The molecule has 1 aliphatic carbocycles. The van der Waals surface area contributed by atoms with E-state index in [9.17, 15) is 18.4 Å². The van der Waals surface area contributed by atoms with Crippen LogP contribution in [0.4, 0.5) is 30.9 Å². The highest BCUT2D eigenvalue weighted by Gasteiger charge is 2.35. The van der Waals surface area contributed by atoms with E-state index in [4.69, 9.17) is 0 Å². The third-order valence-electron chi connectivity index (χ3n) is 5.12. The maximum Gasteiger partial charge on any atom is 0.388 e. The number of amides is 3. The molecule has 3 amide bonds. The molecular weight excluding hydrogens is 412 g/mol. The Labute approximate surface area is 176 Å². The van der Waals surface area contributed by atoms with Crippen molar-refractivity contribution in [3.8, 4) is 5.88 Å². The number of nitrogens with zero attached hydrogens (tertiary/aromatic N) is 5. The van der Waals surface area contributed by atoms with Gasteiger partial charge in [-0.15, -0.1) is 0 Å². The molecule has 2 atom stereocenters. The minimum absolute atomic E-state index is 0.0572. The summed E-state index contributed by atoms with van der Waals surface area (Å²) in [5, 5.41) is 6.58. The largest absolute Gasteiger partial charge is 0.415 e. The highest BCUT2D eigenvalue weighted by Crippen LogP contribution is 2.26. The van der Waals surface area contributed by atoms with Crippen LogP contribution in [0.5, 0.6) is 5.88 Å². The van der Waals surface area contributed by atoms with Crippen LogP contribution in [0, 0.1) is 0 Å². The number of hydrogen-bond acceptors (Lipinski definition) is 8. The lowest BCUT2D eigenvalue weighted by molar-refractivity contribution is -0.116. The molecule has 0 bridgehead atoms. The van der Waals surface area contributed by atoms with E-state index in [0.29, 0.717) is 17.3 Å². The second-order valence-corrected chi connectivity index (χ2v) is 7.38. The van der Waals surface area contributed by atoms with Crippen molar-refractivity contribution in [3.63, 3.8) is 0 Å². The van der Waals surface area contributed by atoms with Gasteiger partial charge in [0.05, 0.1) is 24.3 Å². The first kappa shape index (κ1) is 20.7. The van der Waals surface area contributed by atoms with Crippen LogP contribution in [0.1, 0.15) is 19.3 Å². The summed E-state index contributed by atoms with van der Waals surface area (Å²) in [4.78, 5) is 38.7. The van der Waals surface area contributed by atoms with Crippen molar-refractivity contribution in [1.29, 1.82) is 0 Å². The predicted molar refractivity (Wildman–Crippen MR) is 107 cm³/mol. The summed E-state index contributed by atoms with van der Waals surface area (Å²) >= 11 is 0. The van der Waals surface area contributed by atoms with Crippen LogP contribution >= 0.6 is 0 Å². The summed E-state index contributed by atoms with van der Waals surface area (Å²) in [6.45, 7) is -2.88. The molecule has 31 heavy (non-hydrogen) atoms. The van der Waals surface area contributed by atoms with Crippen LogP contribution in [-0.2, 0) is 4.79 Å². The fourth-order valence-corrected chi connectivity index (χ4v) is 3.68. The van der Waals surface area contributed by atoms with Crippen molar-refractivity contribution < 1.29 is 23.1 Å². The van der Waals surface area contributed by atoms with Crippen LogP contribution < -0.4 is 20.3 Å². The Balaban J connectivity index is 1.29. The first-order valence-electron chi connectivity index (χ1n) is 9.73. The Morgan fingerprint density at radius 1 is 1.03 bits per heavy atom. The number of nitrogens with one attached hydrogen (secondary N) is 2. The summed E-state index contributed by atoms with van der Waals surface area (Å²) in [5.41, 5.74) is 0.439. The van der Waals surface area contributed by atoms with Gasteiger partial charge in [-0.1, -0.05) is 0 Å². The van der Waals surface area contributed by atoms with E-state index in [2.05, 4.69) is 30.3 Å². The number of ether oxygens (including phenoxy) is 1. The van der Waals surface area contributed by atoms with Crippen LogP contribution in [-0.4, -0.2) is 64.1 Å². The van der Waals surface area contributed by atoms with Crippen LogP contribution in [0.2, 0.25) is 0 Å². The van der Waals surface area contributed by atoms with Crippen LogP contribution in [0.3, 0.4) is 0 Å². The first-order valence-corrected chi connectivity index (χ1v) is 9.73. The molecule has 2 fully saturated rings. The average molecular weight is 433 g/mol. The lowest BCUT2D eigenvalue weighted by Gasteiger charge is -2.17. The Bertz CT molecular complexity index is 943. The highest BCUT2D eigenvalue weighted by atomic mass is 19.3. The molecular formula is C19H21F2N7O3. The van der Waals surface area contributed by atoms with Gasteiger partial charge in [0.25, 0.3) is 5.91 Å². The third-order valence-corrected chi connectivity index (χ3v) is 5.12. The number of alkyl halides is 2. The number of anilines is 3. The molecule has 0 spiro atoms. The van der Waals surface area contributed by atoms with Crippen molar-refractivity contribution >= 4 is 29.3 Å². The molecule has 2 aromatic heterocycles. The number of carbonyl (C=O) groups is 2. The van der Waals surface area contributed by atoms with Crippen molar-refractivity contribution in [3.05, 3.63) is 30.7 Å². The first-order chi connectivity index (χ1) is 14.9. The van der Waals surface area contributed by atoms with E-state index in [1.165, 1.54) is 17.3 Å². The zero-order valence-electron chi connectivity index (χ0n) is 16.7. The molecule has 0 aromatic carbocycles. The SMILES string of the molecule is CN1CC(=O)N(c2ccc(N[C@H]3CC[C@H](Nc4cnc(OC(F)F)cn4)C3)nc2)C1=O. The second kappa shape index (κ2) is 8.66. The van der Waals surface area contributed by atoms with E-state index in [0.717, 1.165) is 30.4 Å². The number of carbonyl (C=O) groups excluding carboxylic acids is 2. The fraction of sp³-hybridized carbons (Fsp3) is 0.421. The molecule has 1 aliphatic heterocycles. The van der Waals surface area contributed by atoms with E-state index in [1.807, 2.05) is 0 Å². The number of halogens is 2. The van der Waals surface area contributed by atoms with Gasteiger partial charge < -0.3 is 20.3 Å². The minimum Gasteiger partial charge on any atom is -0.415 e. The molecule has 164 valence electrons. The summed E-state index contributed by atoms with van der Waals surface area (Å²) in [6, 6.07) is 3.37. The number of urea groups is 1. The monoisotopic (exact) mass is 433 g/mol. The highest BCUT2D eigenvalue weighted by molar-refractivity contribution is 6.19. The Morgan fingerprint density at radius 3 is 2.29 bits per heavy atom. The third kappa shape index (κ3) is 4.78. The summed E-state index contributed by atoms with van der Waals surface area (Å²) in [7, 11) is 1.57. The molecule has 2 aromatic rings. The van der Waals surface area contributed by atoms with Gasteiger partial charge in [-0.25, -0.2) is 24.6 Å². The lowest BCUT2D eigenvalue weighted by Crippen LogP contribution is -2.31. The van der Waals surface area contributed by atoms with Crippen molar-refractivity contribution in [1.82, 2.24) is 19.9 Å². The molecule has 4 rings (SSSR count). The lowest BCUT2D eigenvalue weighted by atomic mass is 10.2. The Hall–Kier alpha value is -3.57. The van der Waals surface area contributed by atoms with Crippen LogP contribution in [0.25, 0.3) is 0 Å². The van der Waals surface area contributed by atoms with Gasteiger partial charge in [-0.3, -0.25) is 4.79 Å². The number of pyridine rings is 1. The molecule has 0 unspecified atom stereocenters. The number of likely N-dealkylation sites (N-methyl/N-ethyl adjacent to an activating group) is 1. The van der Waals surface area contributed by atoms with Gasteiger partial charge in [0.2, 0.25) is 5.88 Å². The quantitative estimate of drug-likeness (QED) is 0.640. The maximum absolute atomic E-state index is 12.2. The zero-order valence-corrected chi connectivity index (χ0v) is 16.7. The number of hydrogen-bond donors (Lipinski definition) is 2. The summed E-state index contributed by atoms with van der Waals surface area (Å²) in [5.74, 6) is 0.622. The summed E-state index contributed by atoms with van der Waals surface area (Å²) in [6.07, 6.45) is 6.59. The molecule has 0 radical (unpaired) electrons. The van der Waals surface area contributed by atoms with Gasteiger partial charge >= 0.3 is 12.6 Å². The Morgan fingerprint density at radius 2 is 1.74 bits per heavy atom. The topological polar surface area (TPSA) is 113 Å². The molecule has 12 heteroatoms. The standard InChI is InChI=1S/C19H21F2N7O3/c1-27-10-17(29)28(19(27)30)13-4-5-14(22-7-13)25-11-2-3-12(6-11)26-15-8-24-16(9-23-15)31-18(20)21/h4-5,7-9,11-12,18H,2-3,6,10H2,1H3,(H,22,25)(H,23,26)/t11-,12-/m0/s1. The molecule has 1 saturated carbocycles. The van der Waals surface area contributed by atoms with E-state index in [1.54, 1.807) is 19.2 Å². The maximum atomic E-state index is 12.2. The van der Waals surface area contributed by atoms with E-state index >= 15 is 0 Å². The van der Waals surface area contributed by atoms with Gasteiger partial charge in [0, 0.05) is 19.1 Å². The Kier molecular flexibility index (Phi) is 5.78. The number of rotatable bonds is 7. The number of imide groups is 1. The van der Waals surface area contributed by atoms with E-state index in [-0.39, 0.29) is 36.4 Å². The zero-order chi connectivity index (χ0) is 22.0. The molecule has 2 N–H and O–H groups in total. The fourth-order valence-electron chi connectivity index (χ4n) is 3.68. The van der Waals surface area contributed by atoms with Crippen LogP contribution in [0.15, 0.2) is 30.7 Å². The van der Waals surface area contributed by atoms with Gasteiger partial charge in [-0.05, 0) is 31.4 Å². The minimum atomic E-state index is -2.94.